The molecule has 0 spiro atoms. The van der Waals surface area contributed by atoms with Crippen molar-refractivity contribution in [2.75, 3.05) is 6.54 Å². The molecule has 0 radical (unpaired) electrons. The molecule has 0 aromatic heterocycles. The van der Waals surface area contributed by atoms with Crippen LogP contribution in [-0.2, 0) is 4.74 Å². The molecule has 0 aliphatic carbocycles. The normalized spacial score (nSPS) is 12.9. The van der Waals surface area contributed by atoms with Crippen LogP contribution in [0.25, 0.3) is 10.4 Å². The maximum Gasteiger partial charge on any atom is 0.523 e. The van der Waals surface area contributed by atoms with Crippen LogP contribution in [0, 0.1) is 20.8 Å². The van der Waals surface area contributed by atoms with Crippen LogP contribution >= 0.6 is 0 Å². The van der Waals surface area contributed by atoms with Gasteiger partial charge in [-0.05, 0) is 43.0 Å². The lowest BCUT2D eigenvalue weighted by Crippen LogP contribution is -2.21. The van der Waals surface area contributed by atoms with Crippen molar-refractivity contribution in [3.8, 4) is 0 Å². The van der Waals surface area contributed by atoms with E-state index in [1.807, 2.05) is 6.92 Å². The first kappa shape index (κ1) is 15.3. The Morgan fingerprint density at radius 3 is 2.21 bits per heavy atom. The topological polar surface area (TPSA) is 58.0 Å². The number of hydrogen-bond acceptors (Lipinski definition) is 2. The predicted molar refractivity (Wildman–Crippen MR) is 64.5 cm³/mol. The van der Waals surface area contributed by atoms with Gasteiger partial charge in [0.2, 0.25) is 0 Å². The molecule has 0 N–H and O–H groups in total. The Hall–Kier alpha value is -1.72. The molecule has 0 saturated heterocycles. The number of alkyl halides is 3. The van der Waals surface area contributed by atoms with Gasteiger partial charge in [-0.2, -0.15) is 0 Å². The highest BCUT2D eigenvalue weighted by molar-refractivity contribution is 5.39. The average Bonchev–Trinajstić information content (AvgIpc) is 2.22. The van der Waals surface area contributed by atoms with Crippen molar-refractivity contribution in [3.05, 3.63) is 44.8 Å². The number of hydrogen-bond donors (Lipinski definition) is 0. The fourth-order valence-corrected chi connectivity index (χ4v) is 2.16. The molecule has 0 aliphatic rings. The summed E-state index contributed by atoms with van der Waals surface area (Å²) in [5.74, 6) is 0. The molecule has 4 nitrogen and oxygen atoms in total. The number of ether oxygens (including phenoxy) is 1. The first-order chi connectivity index (χ1) is 8.74. The zero-order valence-corrected chi connectivity index (χ0v) is 10.8. The lowest BCUT2D eigenvalue weighted by Gasteiger charge is -2.22. The van der Waals surface area contributed by atoms with E-state index in [9.17, 15) is 13.2 Å². The molecule has 0 saturated carbocycles. The number of aryl methyl sites for hydroxylation is 3. The minimum absolute atomic E-state index is 0.402. The molecule has 1 atom stereocenters. The van der Waals surface area contributed by atoms with Crippen LogP contribution in [0.3, 0.4) is 0 Å². The van der Waals surface area contributed by atoms with Gasteiger partial charge in [-0.3, -0.25) is 4.74 Å². The van der Waals surface area contributed by atoms with Crippen molar-refractivity contribution in [2.45, 2.75) is 33.2 Å². The maximum absolute atomic E-state index is 12.4. The Labute approximate surface area is 108 Å². The van der Waals surface area contributed by atoms with Crippen molar-refractivity contribution < 1.29 is 17.9 Å². The molecule has 0 aliphatic heterocycles. The van der Waals surface area contributed by atoms with Crippen LogP contribution in [0.5, 0.6) is 0 Å². The second kappa shape index (κ2) is 5.95. The summed E-state index contributed by atoms with van der Waals surface area (Å²) in [5, 5.41) is 3.19. The molecule has 19 heavy (non-hydrogen) atoms. The van der Waals surface area contributed by atoms with Gasteiger partial charge in [0, 0.05) is 4.91 Å². The standard InChI is InChI=1S/C12H14F3N3O/c1-7-4-8(2)11(9(3)5-7)10(6-17-18-16)19-12(13,14)15/h4-5,10H,6H2,1-3H3. The van der Waals surface area contributed by atoms with Crippen LogP contribution < -0.4 is 0 Å². The van der Waals surface area contributed by atoms with Gasteiger partial charge in [-0.1, -0.05) is 22.8 Å². The summed E-state index contributed by atoms with van der Waals surface area (Å²) in [6.45, 7) is 4.87. The Morgan fingerprint density at radius 2 is 1.79 bits per heavy atom. The van der Waals surface area contributed by atoms with Gasteiger partial charge in [-0.15, -0.1) is 13.2 Å². The van der Waals surface area contributed by atoms with Crippen LogP contribution in [0.1, 0.15) is 28.4 Å². The smallest absolute Gasteiger partial charge is 0.284 e. The molecule has 104 valence electrons. The van der Waals surface area contributed by atoms with Gasteiger partial charge in [0.15, 0.2) is 0 Å². The van der Waals surface area contributed by atoms with Crippen molar-refractivity contribution in [1.29, 1.82) is 0 Å². The molecule has 1 aromatic carbocycles. The van der Waals surface area contributed by atoms with E-state index in [0.717, 1.165) is 5.56 Å². The summed E-state index contributed by atoms with van der Waals surface area (Å²) in [4.78, 5) is 2.49. The third-order valence-corrected chi connectivity index (χ3v) is 2.65. The number of azide groups is 1. The molecule has 1 rings (SSSR count). The Kier molecular flexibility index (Phi) is 4.80. The minimum atomic E-state index is -4.78. The van der Waals surface area contributed by atoms with Gasteiger partial charge in [-0.25, -0.2) is 0 Å². The molecule has 1 aromatic rings. The summed E-state index contributed by atoms with van der Waals surface area (Å²) in [7, 11) is 0. The van der Waals surface area contributed by atoms with E-state index in [1.165, 1.54) is 0 Å². The largest absolute Gasteiger partial charge is 0.523 e. The van der Waals surface area contributed by atoms with E-state index in [2.05, 4.69) is 14.8 Å². The predicted octanol–water partition coefficient (Wildman–Crippen LogP) is 4.50. The molecule has 1 unspecified atom stereocenters. The molecule has 0 heterocycles. The highest BCUT2D eigenvalue weighted by Crippen LogP contribution is 2.32. The van der Waals surface area contributed by atoms with E-state index in [1.54, 1.807) is 26.0 Å². The van der Waals surface area contributed by atoms with Crippen LogP contribution in [0.2, 0.25) is 0 Å². The van der Waals surface area contributed by atoms with Crippen molar-refractivity contribution in [3.63, 3.8) is 0 Å². The number of rotatable bonds is 4. The van der Waals surface area contributed by atoms with E-state index in [4.69, 9.17) is 5.53 Å². The Morgan fingerprint density at radius 1 is 1.26 bits per heavy atom. The molecular formula is C12H14F3N3O. The monoisotopic (exact) mass is 273 g/mol. The highest BCUT2D eigenvalue weighted by atomic mass is 19.4. The van der Waals surface area contributed by atoms with Crippen LogP contribution in [0.15, 0.2) is 17.2 Å². The van der Waals surface area contributed by atoms with Crippen molar-refractivity contribution in [1.82, 2.24) is 0 Å². The lowest BCUT2D eigenvalue weighted by molar-refractivity contribution is -0.343. The third-order valence-electron chi connectivity index (χ3n) is 2.65. The zero-order valence-electron chi connectivity index (χ0n) is 10.8. The molecule has 0 amide bonds. The number of halogens is 3. The summed E-state index contributed by atoms with van der Waals surface area (Å²) in [6, 6.07) is 3.54. The highest BCUT2D eigenvalue weighted by Gasteiger charge is 2.35. The van der Waals surface area contributed by atoms with E-state index in [-0.39, 0.29) is 0 Å². The lowest BCUT2D eigenvalue weighted by atomic mass is 9.95. The second-order valence-corrected chi connectivity index (χ2v) is 4.28. The third kappa shape index (κ3) is 4.46. The fourth-order valence-electron chi connectivity index (χ4n) is 2.16. The van der Waals surface area contributed by atoms with Gasteiger partial charge < -0.3 is 0 Å². The zero-order chi connectivity index (χ0) is 14.6. The SMILES string of the molecule is Cc1cc(C)c(C(CN=[N+]=[N-])OC(F)(F)F)c(C)c1. The first-order valence-corrected chi connectivity index (χ1v) is 5.57. The van der Waals surface area contributed by atoms with Crippen LogP contribution in [0.4, 0.5) is 13.2 Å². The molecular weight excluding hydrogens is 259 g/mol. The molecule has 0 fully saturated rings. The Bertz CT molecular complexity index is 484. The summed E-state index contributed by atoms with van der Waals surface area (Å²) >= 11 is 0. The van der Waals surface area contributed by atoms with E-state index in [0.29, 0.717) is 16.7 Å². The summed E-state index contributed by atoms with van der Waals surface area (Å²) in [6.07, 6.45) is -6.10. The average molecular weight is 273 g/mol. The first-order valence-electron chi connectivity index (χ1n) is 5.57. The Balaban J connectivity index is 3.20. The van der Waals surface area contributed by atoms with E-state index >= 15 is 0 Å². The van der Waals surface area contributed by atoms with Crippen molar-refractivity contribution in [2.24, 2.45) is 5.11 Å². The van der Waals surface area contributed by atoms with Crippen molar-refractivity contribution >= 4 is 0 Å². The van der Waals surface area contributed by atoms with Gasteiger partial charge in [0.1, 0.15) is 0 Å². The van der Waals surface area contributed by atoms with Gasteiger partial charge in [0.05, 0.1) is 12.6 Å². The van der Waals surface area contributed by atoms with Crippen LogP contribution in [-0.4, -0.2) is 12.9 Å². The molecule has 7 heteroatoms. The summed E-state index contributed by atoms with van der Waals surface area (Å²) < 4.78 is 41.3. The van der Waals surface area contributed by atoms with Gasteiger partial charge in [0.25, 0.3) is 0 Å². The van der Waals surface area contributed by atoms with Gasteiger partial charge >= 0.3 is 6.36 Å². The summed E-state index contributed by atoms with van der Waals surface area (Å²) in [5.41, 5.74) is 11.0. The minimum Gasteiger partial charge on any atom is -0.284 e. The molecule has 0 bridgehead atoms. The quantitative estimate of drug-likeness (QED) is 0.452. The second-order valence-electron chi connectivity index (χ2n) is 4.28. The number of benzene rings is 1. The van der Waals surface area contributed by atoms with E-state index < -0.39 is 19.0 Å². The number of nitrogens with zero attached hydrogens (tertiary/aromatic N) is 3. The fraction of sp³-hybridized carbons (Fsp3) is 0.500. The maximum atomic E-state index is 12.4.